The smallest absolute Gasteiger partial charge is 0.318 e. The number of aldehydes is 1. The van der Waals surface area contributed by atoms with Crippen molar-refractivity contribution in [2.75, 3.05) is 13.2 Å². The van der Waals surface area contributed by atoms with Crippen molar-refractivity contribution < 1.29 is 42.4 Å². The molecule has 2 aromatic carbocycles. The van der Waals surface area contributed by atoms with Crippen molar-refractivity contribution in [3.05, 3.63) is 83.4 Å². The van der Waals surface area contributed by atoms with Gasteiger partial charge >= 0.3 is 11.9 Å². The minimum absolute atomic E-state index is 0.0126. The number of hydrogen-bond acceptors (Lipinski definition) is 9. The van der Waals surface area contributed by atoms with Gasteiger partial charge in [-0.05, 0) is 84.5 Å². The monoisotopic (exact) mass is 840 g/mol. The Hall–Kier alpha value is -2.70. The van der Waals surface area contributed by atoms with Crippen LogP contribution in [-0.2, 0) is 42.4 Å². The zero-order chi connectivity index (χ0) is 42.5. The van der Waals surface area contributed by atoms with Crippen LogP contribution in [0.1, 0.15) is 111 Å². The van der Waals surface area contributed by atoms with E-state index < -0.39 is 61.2 Å². The van der Waals surface area contributed by atoms with E-state index in [9.17, 15) is 4.79 Å². The van der Waals surface area contributed by atoms with E-state index in [1.54, 1.807) is 0 Å². The molecule has 4 heterocycles. The largest absolute Gasteiger partial charge is 0.452 e. The number of carbonyl (C=O) groups excluding carboxylic acids is 2. The summed E-state index contributed by atoms with van der Waals surface area (Å²) in [7, 11) is -2.46. The van der Waals surface area contributed by atoms with Crippen molar-refractivity contribution in [2.24, 2.45) is 45.8 Å². The average Bonchev–Trinajstić information content (AvgIpc) is 3.96. The number of esters is 1. The van der Waals surface area contributed by atoms with Crippen LogP contribution >= 0.6 is 0 Å². The van der Waals surface area contributed by atoms with Crippen molar-refractivity contribution in [2.45, 2.75) is 154 Å². The molecule has 9 nitrogen and oxygen atoms in total. The fraction of sp³-hybridized carbons (Fsp3) is 0.680. The minimum Gasteiger partial charge on any atom is -0.452 e. The molecule has 326 valence electrons. The first kappa shape index (κ1) is 42.6. The van der Waals surface area contributed by atoms with Gasteiger partial charge in [0.2, 0.25) is 0 Å². The van der Waals surface area contributed by atoms with Crippen molar-refractivity contribution >= 4 is 20.6 Å². The normalized spacial score (nSPS) is 39.8. The van der Waals surface area contributed by atoms with E-state index in [2.05, 4.69) is 67.6 Å². The van der Waals surface area contributed by atoms with Crippen LogP contribution in [0, 0.1) is 45.8 Å². The second-order valence-corrected chi connectivity index (χ2v) is 25.9. The Morgan fingerprint density at radius 1 is 0.950 bits per heavy atom. The van der Waals surface area contributed by atoms with Gasteiger partial charge < -0.3 is 32.9 Å². The lowest BCUT2D eigenvalue weighted by Gasteiger charge is -2.59. The molecular weight excluding hydrogens is 773 g/mol. The molecule has 13 atom stereocenters. The van der Waals surface area contributed by atoms with Gasteiger partial charge in [-0.3, -0.25) is 9.53 Å². The zero-order valence-corrected chi connectivity index (χ0v) is 38.3. The summed E-state index contributed by atoms with van der Waals surface area (Å²) in [6.45, 7) is 20.7. The summed E-state index contributed by atoms with van der Waals surface area (Å²) in [6.07, 6.45) is 6.60. The van der Waals surface area contributed by atoms with Crippen molar-refractivity contribution in [3.8, 4) is 0 Å². The molecule has 0 spiro atoms. The highest BCUT2D eigenvalue weighted by atomic mass is 28.4. The van der Waals surface area contributed by atoms with Crippen LogP contribution in [0.2, 0.25) is 18.1 Å². The molecule has 4 aliphatic heterocycles. The maximum atomic E-state index is 16.2. The number of hydrogen-bond donors (Lipinski definition) is 0. The second-order valence-electron chi connectivity index (χ2n) is 21.2. The molecule has 7 fully saturated rings. The van der Waals surface area contributed by atoms with E-state index in [4.69, 9.17) is 32.8 Å². The number of fused-ring (bicyclic) bond motifs is 2. The molecule has 60 heavy (non-hydrogen) atoms. The van der Waals surface area contributed by atoms with Gasteiger partial charge in [0.25, 0.3) is 0 Å². The van der Waals surface area contributed by atoms with Crippen LogP contribution in [0.4, 0.5) is 0 Å². The Balaban J connectivity index is 1.14. The maximum absolute atomic E-state index is 16.2. The van der Waals surface area contributed by atoms with Gasteiger partial charge in [-0.2, -0.15) is 0 Å². The van der Waals surface area contributed by atoms with Gasteiger partial charge in [0.1, 0.15) is 30.0 Å². The number of allylic oxidation sites excluding steroid dienone is 1. The number of carbonyl (C=O) groups is 2. The molecule has 0 aromatic heterocycles. The quantitative estimate of drug-likeness (QED) is 0.0538. The maximum Gasteiger partial charge on any atom is 0.318 e. The van der Waals surface area contributed by atoms with Crippen LogP contribution in [0.5, 0.6) is 0 Å². The highest BCUT2D eigenvalue weighted by Gasteiger charge is 2.85. The Morgan fingerprint density at radius 2 is 1.63 bits per heavy atom. The first-order valence-electron chi connectivity index (χ1n) is 23.0. The standard InChI is InChI=1S/C50H68O9Si/c1-10-11-18-25-53-40-41-43(59-60(8,9)46(5,6)7)50(57-42(40)44(55-41)58-50)54-30-48-28-36-32(4)23-24-37(36)47(29-51)27-35(48)26-38(31(2)3)49(47,48)45(52)56-39(33-19-14-12-15-20-33)34-21-16-13-17-22-34/h12-17,19-22,26,29,31-32,35-37,39-44H,10-11,18,23-25,27-28,30H2,1-9H3. The predicted molar refractivity (Wildman–Crippen MR) is 230 cm³/mol. The van der Waals surface area contributed by atoms with Crippen molar-refractivity contribution in [1.82, 2.24) is 0 Å². The van der Waals surface area contributed by atoms with E-state index in [1.165, 1.54) is 6.29 Å². The van der Waals surface area contributed by atoms with Gasteiger partial charge in [-0.1, -0.05) is 140 Å². The molecule has 2 aromatic rings. The third-order valence-corrected chi connectivity index (χ3v) is 21.2. The van der Waals surface area contributed by atoms with E-state index in [0.29, 0.717) is 18.9 Å². The Labute approximate surface area is 358 Å². The van der Waals surface area contributed by atoms with Crippen LogP contribution in [0.3, 0.4) is 0 Å². The van der Waals surface area contributed by atoms with Gasteiger partial charge in [0.15, 0.2) is 26.8 Å². The fourth-order valence-electron chi connectivity index (χ4n) is 13.0. The average molecular weight is 841 g/mol. The summed E-state index contributed by atoms with van der Waals surface area (Å²) in [4.78, 5) is 30.6. The van der Waals surface area contributed by atoms with E-state index in [1.807, 2.05) is 60.7 Å². The molecule has 0 amide bonds. The van der Waals surface area contributed by atoms with Crippen molar-refractivity contribution in [3.63, 3.8) is 0 Å². The fourth-order valence-corrected chi connectivity index (χ4v) is 14.3. The van der Waals surface area contributed by atoms with E-state index in [0.717, 1.165) is 55.2 Å². The third-order valence-electron chi connectivity index (χ3n) is 16.8. The summed E-state index contributed by atoms with van der Waals surface area (Å²) in [5, 5.41) is -0.119. The van der Waals surface area contributed by atoms with E-state index >= 15 is 4.79 Å². The minimum atomic E-state index is -2.46. The first-order valence-corrected chi connectivity index (χ1v) is 25.9. The van der Waals surface area contributed by atoms with E-state index in [-0.39, 0.29) is 47.4 Å². The molecule has 3 saturated carbocycles. The lowest BCUT2D eigenvalue weighted by Crippen LogP contribution is -2.68. The first-order chi connectivity index (χ1) is 28.6. The summed E-state index contributed by atoms with van der Waals surface area (Å²) >= 11 is 0. The molecule has 0 N–H and O–H groups in total. The molecule has 0 radical (unpaired) electrons. The van der Waals surface area contributed by atoms with Gasteiger partial charge in [0, 0.05) is 12.0 Å². The third kappa shape index (κ3) is 6.04. The number of unbranched alkanes of at least 4 members (excludes halogenated alkanes) is 2. The van der Waals surface area contributed by atoms with Crippen LogP contribution < -0.4 is 0 Å². The zero-order valence-electron chi connectivity index (χ0n) is 37.3. The highest BCUT2D eigenvalue weighted by Crippen LogP contribution is 2.83. The predicted octanol–water partition coefficient (Wildman–Crippen LogP) is 9.95. The molecule has 4 aliphatic carbocycles. The van der Waals surface area contributed by atoms with Crippen LogP contribution in [0.15, 0.2) is 72.3 Å². The van der Waals surface area contributed by atoms with Gasteiger partial charge in [-0.15, -0.1) is 0 Å². The molecule has 8 bridgehead atoms. The summed E-state index contributed by atoms with van der Waals surface area (Å²) in [6, 6.07) is 19.9. The molecule has 4 saturated heterocycles. The number of rotatable bonds is 16. The Bertz CT molecular complexity index is 1910. The Kier molecular flexibility index (Phi) is 10.8. The van der Waals surface area contributed by atoms with Crippen LogP contribution in [0.25, 0.3) is 0 Å². The topological polar surface area (TPSA) is 98.8 Å². The molecule has 10 heteroatoms. The molecular formula is C50H68O9Si. The van der Waals surface area contributed by atoms with Gasteiger partial charge in [-0.25, -0.2) is 0 Å². The van der Waals surface area contributed by atoms with Crippen molar-refractivity contribution in [1.29, 1.82) is 0 Å². The SMILES string of the molecule is CCCCCOC1C2OC3(OCC45CC6C(C)CCC6C6(C=O)CC4C=C(C(C)C)C65C(=O)OC(c4ccccc4)c4ccccc4)OC2OC1C3O[Si](C)(C)C(C)(C)C. The summed E-state index contributed by atoms with van der Waals surface area (Å²) in [5.41, 5.74) is -0.253. The highest BCUT2D eigenvalue weighted by molar-refractivity contribution is 6.74. The molecule has 13 unspecified atom stereocenters. The van der Waals surface area contributed by atoms with Crippen LogP contribution in [-0.4, -0.2) is 70.5 Å². The summed E-state index contributed by atoms with van der Waals surface area (Å²) < 4.78 is 48.6. The summed E-state index contributed by atoms with van der Waals surface area (Å²) in [5.74, 6) is -1.29. The molecule has 8 aliphatic rings. The number of ether oxygens (including phenoxy) is 6. The lowest BCUT2D eigenvalue weighted by atomic mass is 9.43. The lowest BCUT2D eigenvalue weighted by molar-refractivity contribution is -0.445. The Morgan fingerprint density at radius 3 is 2.25 bits per heavy atom. The second kappa shape index (κ2) is 15.2. The number of benzene rings is 2. The molecule has 10 rings (SSSR count). The van der Waals surface area contributed by atoms with Gasteiger partial charge in [0.05, 0.1) is 12.0 Å².